The minimum atomic E-state index is -5.01. The molecule has 0 atom stereocenters. The molecule has 4 rings (SSSR count). The number of rotatable bonds is 8. The molecule has 4 N–H and O–H groups in total. The van der Waals surface area contributed by atoms with Gasteiger partial charge in [-0.3, -0.25) is 18.7 Å². The van der Waals surface area contributed by atoms with Crippen LogP contribution in [0.3, 0.4) is 0 Å². The summed E-state index contributed by atoms with van der Waals surface area (Å²) in [4.78, 5) is 46.4. The molecule has 4 aromatic rings. The maximum atomic E-state index is 13.9. The molecule has 196 valence electrons. The molecular weight excluding hydrogens is 597 g/mol. The third-order valence-electron chi connectivity index (χ3n) is 5.52. The molecule has 0 aliphatic rings. The molecule has 0 aliphatic carbocycles. The predicted octanol–water partition coefficient (Wildman–Crippen LogP) is 6.88. The average Bonchev–Trinajstić information content (AvgIpc) is 3.15. The lowest BCUT2D eigenvalue weighted by atomic mass is 9.93. The Kier molecular flexibility index (Phi) is 8.37. The largest absolute Gasteiger partial charge is 0.471 e. The molecular formula is C25H17Cl4N2O6P. The van der Waals surface area contributed by atoms with E-state index in [1.807, 2.05) is 0 Å². The smallest absolute Gasteiger partial charge is 0.384 e. The zero-order valence-electron chi connectivity index (χ0n) is 19.1. The van der Waals surface area contributed by atoms with Crippen molar-refractivity contribution >= 4 is 71.6 Å². The van der Waals surface area contributed by atoms with E-state index < -0.39 is 26.1 Å². The molecule has 1 aromatic heterocycles. The molecule has 0 spiro atoms. The van der Waals surface area contributed by atoms with Crippen molar-refractivity contribution in [3.8, 4) is 11.1 Å². The summed E-state index contributed by atoms with van der Waals surface area (Å²) in [6, 6.07) is 16.6. The fourth-order valence-electron chi connectivity index (χ4n) is 3.83. The second-order valence-electron chi connectivity index (χ2n) is 7.94. The molecule has 38 heavy (non-hydrogen) atoms. The number of carbonyl (C=O) groups excluding carboxylic acids is 2. The van der Waals surface area contributed by atoms with Crippen molar-refractivity contribution in [1.29, 1.82) is 0 Å². The van der Waals surface area contributed by atoms with Crippen molar-refractivity contribution in [3.63, 3.8) is 0 Å². The lowest BCUT2D eigenvalue weighted by molar-refractivity contribution is 0.101. The van der Waals surface area contributed by atoms with Crippen LogP contribution in [0.4, 0.5) is 5.82 Å². The number of phosphoric acid groups is 1. The highest BCUT2D eigenvalue weighted by molar-refractivity contribution is 7.46. The number of aromatic nitrogens is 1. The summed E-state index contributed by atoms with van der Waals surface area (Å²) < 4.78 is 17.3. The molecule has 8 nitrogen and oxygen atoms in total. The number of phosphoric ester groups is 1. The number of hydrogen-bond acceptors (Lipinski definition) is 5. The zero-order chi connectivity index (χ0) is 27.8. The van der Waals surface area contributed by atoms with Gasteiger partial charge in [0.1, 0.15) is 18.2 Å². The van der Waals surface area contributed by atoms with Gasteiger partial charge in [0.05, 0.1) is 15.6 Å². The number of hydrogen-bond donors (Lipinski definition) is 3. The van der Waals surface area contributed by atoms with Crippen molar-refractivity contribution in [3.05, 3.63) is 109 Å². The van der Waals surface area contributed by atoms with Crippen LogP contribution in [0.2, 0.25) is 20.1 Å². The Hall–Kier alpha value is -2.65. The highest BCUT2D eigenvalue weighted by Gasteiger charge is 2.33. The SMILES string of the molecule is Nc1c(C(=O)c2ccc(Cl)c(Cl)c2)c(-c2ccc(Cl)cc2Cl)c(C(=O)c2ccccc2)n1COP(=O)(O)O. The molecule has 0 saturated heterocycles. The molecule has 0 aliphatic heterocycles. The van der Waals surface area contributed by atoms with Gasteiger partial charge in [-0.1, -0.05) is 82.8 Å². The maximum absolute atomic E-state index is 13.9. The number of nitrogens with zero attached hydrogens (tertiary/aromatic N) is 1. The van der Waals surface area contributed by atoms with Gasteiger partial charge >= 0.3 is 7.82 Å². The van der Waals surface area contributed by atoms with Crippen molar-refractivity contribution in [1.82, 2.24) is 4.57 Å². The van der Waals surface area contributed by atoms with Gasteiger partial charge in [-0.25, -0.2) is 4.57 Å². The van der Waals surface area contributed by atoms with Crippen molar-refractivity contribution in [2.45, 2.75) is 6.73 Å². The van der Waals surface area contributed by atoms with Crippen molar-refractivity contribution in [2.24, 2.45) is 0 Å². The first-order valence-corrected chi connectivity index (χ1v) is 13.7. The van der Waals surface area contributed by atoms with Crippen LogP contribution in [-0.4, -0.2) is 25.9 Å². The summed E-state index contributed by atoms with van der Waals surface area (Å²) >= 11 is 24.7. The topological polar surface area (TPSA) is 132 Å². The van der Waals surface area contributed by atoms with Crippen LogP contribution in [0.1, 0.15) is 32.0 Å². The monoisotopic (exact) mass is 612 g/mol. The van der Waals surface area contributed by atoms with E-state index in [1.165, 1.54) is 48.5 Å². The van der Waals surface area contributed by atoms with E-state index in [9.17, 15) is 23.9 Å². The Labute approximate surface area is 236 Å². The summed E-state index contributed by atoms with van der Waals surface area (Å²) in [5.41, 5.74) is 6.59. The Morgan fingerprint density at radius 1 is 0.842 bits per heavy atom. The first-order chi connectivity index (χ1) is 17.9. The van der Waals surface area contributed by atoms with Crippen LogP contribution < -0.4 is 5.73 Å². The molecule has 1 heterocycles. The fourth-order valence-corrected chi connectivity index (χ4v) is 4.90. The van der Waals surface area contributed by atoms with E-state index in [0.29, 0.717) is 5.02 Å². The van der Waals surface area contributed by atoms with E-state index >= 15 is 0 Å². The first kappa shape index (κ1) is 28.4. The van der Waals surface area contributed by atoms with E-state index in [0.717, 1.165) is 4.57 Å². The van der Waals surface area contributed by atoms with E-state index in [1.54, 1.807) is 18.2 Å². The second kappa shape index (κ2) is 11.2. The number of nitrogens with two attached hydrogens (primary N) is 1. The fraction of sp³-hybridized carbons (Fsp3) is 0.0400. The van der Waals surface area contributed by atoms with Gasteiger partial charge in [-0.2, -0.15) is 0 Å². The molecule has 0 fully saturated rings. The summed E-state index contributed by atoms with van der Waals surface area (Å²) in [5.74, 6) is -1.56. The highest BCUT2D eigenvalue weighted by Crippen LogP contribution is 2.43. The Bertz CT molecular complexity index is 1620. The van der Waals surface area contributed by atoms with Crippen LogP contribution in [0.15, 0.2) is 66.7 Å². The number of halogens is 4. The number of nitrogen functional groups attached to an aromatic ring is 1. The Morgan fingerprint density at radius 2 is 1.53 bits per heavy atom. The maximum Gasteiger partial charge on any atom is 0.471 e. The molecule has 0 saturated carbocycles. The van der Waals surface area contributed by atoms with Crippen LogP contribution >= 0.6 is 54.2 Å². The summed E-state index contributed by atoms with van der Waals surface area (Å²) in [7, 11) is -5.01. The van der Waals surface area contributed by atoms with E-state index in [4.69, 9.17) is 56.7 Å². The Balaban J connectivity index is 2.08. The van der Waals surface area contributed by atoms with Crippen LogP contribution in [-0.2, 0) is 15.8 Å². The van der Waals surface area contributed by atoms with Crippen molar-refractivity contribution < 1.29 is 28.5 Å². The molecule has 0 radical (unpaired) electrons. The van der Waals surface area contributed by atoms with Gasteiger partial charge in [0.2, 0.25) is 5.78 Å². The normalized spacial score (nSPS) is 11.5. The molecule has 0 amide bonds. The quantitative estimate of drug-likeness (QED) is 0.146. The van der Waals surface area contributed by atoms with E-state index in [-0.39, 0.29) is 54.4 Å². The molecule has 0 unspecified atom stereocenters. The number of anilines is 1. The number of ketones is 2. The lowest BCUT2D eigenvalue weighted by Crippen LogP contribution is -2.14. The first-order valence-electron chi connectivity index (χ1n) is 10.7. The van der Waals surface area contributed by atoms with Gasteiger partial charge in [-0.15, -0.1) is 0 Å². The number of carbonyl (C=O) groups is 2. The van der Waals surface area contributed by atoms with Gasteiger partial charge in [0.25, 0.3) is 0 Å². The van der Waals surface area contributed by atoms with Gasteiger partial charge in [0.15, 0.2) is 5.78 Å². The molecule has 13 heteroatoms. The van der Waals surface area contributed by atoms with Crippen LogP contribution in [0, 0.1) is 0 Å². The van der Waals surface area contributed by atoms with Crippen molar-refractivity contribution in [2.75, 3.05) is 5.73 Å². The van der Waals surface area contributed by atoms with E-state index in [2.05, 4.69) is 0 Å². The minimum absolute atomic E-state index is 0.0170. The summed E-state index contributed by atoms with van der Waals surface area (Å²) in [6.45, 7) is -0.850. The second-order valence-corrected chi connectivity index (χ2v) is 10.8. The van der Waals surface area contributed by atoms with Gasteiger partial charge in [0, 0.05) is 32.3 Å². The third-order valence-corrected chi connectivity index (χ3v) is 7.26. The summed E-state index contributed by atoms with van der Waals surface area (Å²) in [5, 5.41) is 0.705. The van der Waals surface area contributed by atoms with Gasteiger partial charge < -0.3 is 15.5 Å². The number of benzene rings is 3. The standard InChI is InChI=1S/C25H17Cl4N2O6P/c26-15-7-8-16(18(28)11-15)20-21(23(32)14-6-9-17(27)19(29)10-14)25(30)31(12-37-38(34,35)36)22(20)24(33)13-4-2-1-3-5-13/h1-11H,12,30H2,(H2,34,35,36). The highest BCUT2D eigenvalue weighted by atomic mass is 35.5. The van der Waals surface area contributed by atoms with Crippen LogP contribution in [0.25, 0.3) is 11.1 Å². The minimum Gasteiger partial charge on any atom is -0.384 e. The third kappa shape index (κ3) is 5.83. The Morgan fingerprint density at radius 3 is 2.13 bits per heavy atom. The molecule has 0 bridgehead atoms. The summed E-state index contributed by atoms with van der Waals surface area (Å²) in [6.07, 6.45) is 0. The van der Waals surface area contributed by atoms with Gasteiger partial charge in [-0.05, 0) is 30.3 Å². The lowest BCUT2D eigenvalue weighted by Gasteiger charge is -2.13. The van der Waals surface area contributed by atoms with Crippen LogP contribution in [0.5, 0.6) is 0 Å². The zero-order valence-corrected chi connectivity index (χ0v) is 23.0. The average molecular weight is 614 g/mol. The molecule has 3 aromatic carbocycles. The predicted molar refractivity (Wildman–Crippen MR) is 147 cm³/mol.